The van der Waals surface area contributed by atoms with Crippen LogP contribution in [0.2, 0.25) is 0 Å². The van der Waals surface area contributed by atoms with E-state index in [0.29, 0.717) is 0 Å². The maximum absolute atomic E-state index is 11.9. The van der Waals surface area contributed by atoms with Gasteiger partial charge in [-0.15, -0.1) is 0 Å². The standard InChI is InChI=1S/C16H20O9/c1-10(18)25-9-16(2,8-17)15(22)24-6-5-23-14(21)11-3-4-12(19)13(20)7-11/h3-4,7,17,19-20H,5-6,8-9H2,1-2H3. The number of hydrogen-bond donors (Lipinski definition) is 3. The summed E-state index contributed by atoms with van der Waals surface area (Å²) in [7, 11) is 0. The van der Waals surface area contributed by atoms with Crippen LogP contribution in [0.3, 0.4) is 0 Å². The maximum atomic E-state index is 11.9. The molecule has 0 fully saturated rings. The highest BCUT2D eigenvalue weighted by molar-refractivity contribution is 5.90. The molecule has 0 aliphatic carbocycles. The van der Waals surface area contributed by atoms with E-state index >= 15 is 0 Å². The SMILES string of the molecule is CC(=O)OCC(C)(CO)C(=O)OCCOC(=O)c1ccc(O)c(O)c1. The number of carbonyl (C=O) groups is 3. The van der Waals surface area contributed by atoms with Gasteiger partial charge in [-0.05, 0) is 25.1 Å². The van der Waals surface area contributed by atoms with Gasteiger partial charge in [0.1, 0.15) is 25.2 Å². The largest absolute Gasteiger partial charge is 0.504 e. The molecule has 1 atom stereocenters. The first-order chi connectivity index (χ1) is 11.7. The lowest BCUT2D eigenvalue weighted by atomic mass is 9.93. The first-order valence-corrected chi connectivity index (χ1v) is 7.30. The van der Waals surface area contributed by atoms with Gasteiger partial charge in [-0.2, -0.15) is 0 Å². The van der Waals surface area contributed by atoms with Crippen LogP contribution in [0.25, 0.3) is 0 Å². The van der Waals surface area contributed by atoms with Gasteiger partial charge in [-0.3, -0.25) is 9.59 Å². The molecule has 0 bridgehead atoms. The highest BCUT2D eigenvalue weighted by Crippen LogP contribution is 2.25. The van der Waals surface area contributed by atoms with Crippen molar-refractivity contribution in [3.05, 3.63) is 23.8 Å². The third kappa shape index (κ3) is 5.96. The molecular formula is C16H20O9. The summed E-state index contributed by atoms with van der Waals surface area (Å²) in [5.41, 5.74) is -1.41. The molecule has 0 amide bonds. The molecule has 1 aromatic rings. The van der Waals surface area contributed by atoms with Crippen molar-refractivity contribution < 1.29 is 43.9 Å². The molecule has 0 saturated carbocycles. The molecule has 0 heterocycles. The minimum Gasteiger partial charge on any atom is -0.504 e. The zero-order valence-corrected chi connectivity index (χ0v) is 13.9. The van der Waals surface area contributed by atoms with Crippen LogP contribution in [0.15, 0.2) is 18.2 Å². The average molecular weight is 356 g/mol. The number of aliphatic hydroxyl groups is 1. The fourth-order valence-corrected chi connectivity index (χ4v) is 1.61. The van der Waals surface area contributed by atoms with Gasteiger partial charge in [-0.25, -0.2) is 4.79 Å². The van der Waals surface area contributed by atoms with E-state index in [-0.39, 0.29) is 31.1 Å². The molecule has 25 heavy (non-hydrogen) atoms. The molecule has 0 aromatic heterocycles. The lowest BCUT2D eigenvalue weighted by molar-refractivity contribution is -0.165. The number of hydrogen-bond acceptors (Lipinski definition) is 9. The lowest BCUT2D eigenvalue weighted by Crippen LogP contribution is -2.39. The fraction of sp³-hybridized carbons (Fsp3) is 0.438. The van der Waals surface area contributed by atoms with Crippen molar-refractivity contribution in [2.24, 2.45) is 5.41 Å². The van der Waals surface area contributed by atoms with Crippen LogP contribution >= 0.6 is 0 Å². The smallest absolute Gasteiger partial charge is 0.338 e. The first-order valence-electron chi connectivity index (χ1n) is 7.30. The summed E-state index contributed by atoms with van der Waals surface area (Å²) in [5.74, 6) is -3.03. The predicted octanol–water partition coefficient (Wildman–Crippen LogP) is 0.359. The molecule has 1 aromatic carbocycles. The molecule has 9 heteroatoms. The molecule has 0 radical (unpaired) electrons. The highest BCUT2D eigenvalue weighted by Gasteiger charge is 2.36. The Bertz CT molecular complexity index is 640. The Hall–Kier alpha value is -2.81. The van der Waals surface area contributed by atoms with E-state index in [4.69, 9.17) is 19.3 Å². The zero-order chi connectivity index (χ0) is 19.0. The number of benzene rings is 1. The third-order valence-corrected chi connectivity index (χ3v) is 3.20. The summed E-state index contributed by atoms with van der Waals surface area (Å²) in [5, 5.41) is 27.8. The van der Waals surface area contributed by atoms with Gasteiger partial charge in [0.25, 0.3) is 0 Å². The lowest BCUT2D eigenvalue weighted by Gasteiger charge is -2.24. The number of phenolic OH excluding ortho intramolecular Hbond substituents is 2. The van der Waals surface area contributed by atoms with E-state index < -0.39 is 35.7 Å². The monoisotopic (exact) mass is 356 g/mol. The second-order valence-electron chi connectivity index (χ2n) is 5.47. The Morgan fingerprint density at radius 1 is 1.04 bits per heavy atom. The summed E-state index contributed by atoms with van der Waals surface area (Å²) in [6.45, 7) is 1.06. The molecule has 0 aliphatic heterocycles. The molecule has 1 unspecified atom stereocenters. The predicted molar refractivity (Wildman–Crippen MR) is 82.8 cm³/mol. The van der Waals surface area contributed by atoms with Gasteiger partial charge in [-0.1, -0.05) is 0 Å². The van der Waals surface area contributed by atoms with E-state index in [1.54, 1.807) is 0 Å². The van der Waals surface area contributed by atoms with Gasteiger partial charge >= 0.3 is 17.9 Å². The van der Waals surface area contributed by atoms with Crippen LogP contribution in [0, 0.1) is 5.41 Å². The minimum absolute atomic E-state index is 0.0108. The van der Waals surface area contributed by atoms with Gasteiger partial charge in [0, 0.05) is 6.92 Å². The number of aromatic hydroxyl groups is 2. The van der Waals surface area contributed by atoms with Crippen molar-refractivity contribution in [1.82, 2.24) is 0 Å². The maximum Gasteiger partial charge on any atom is 0.338 e. The molecule has 138 valence electrons. The summed E-state index contributed by atoms with van der Waals surface area (Å²) >= 11 is 0. The Morgan fingerprint density at radius 2 is 1.68 bits per heavy atom. The van der Waals surface area contributed by atoms with Gasteiger partial charge in [0.15, 0.2) is 11.5 Å². The quantitative estimate of drug-likeness (QED) is 0.261. The second-order valence-corrected chi connectivity index (χ2v) is 5.47. The van der Waals surface area contributed by atoms with Crippen molar-refractivity contribution in [1.29, 1.82) is 0 Å². The summed E-state index contributed by atoms with van der Waals surface area (Å²) in [6, 6.07) is 3.42. The van der Waals surface area contributed by atoms with E-state index in [2.05, 4.69) is 0 Å². The van der Waals surface area contributed by atoms with Gasteiger partial charge in [0.05, 0.1) is 12.2 Å². The van der Waals surface area contributed by atoms with Crippen LogP contribution < -0.4 is 0 Å². The van der Waals surface area contributed by atoms with Crippen molar-refractivity contribution in [3.8, 4) is 11.5 Å². The second kappa shape index (κ2) is 8.88. The van der Waals surface area contributed by atoms with E-state index in [9.17, 15) is 24.6 Å². The topological polar surface area (TPSA) is 140 Å². The average Bonchev–Trinajstić information content (AvgIpc) is 2.58. The number of aliphatic hydroxyl groups excluding tert-OH is 1. The van der Waals surface area contributed by atoms with Crippen LogP contribution in [0.1, 0.15) is 24.2 Å². The fourth-order valence-electron chi connectivity index (χ4n) is 1.61. The number of ether oxygens (including phenoxy) is 3. The number of rotatable bonds is 8. The summed E-state index contributed by atoms with van der Waals surface area (Å²) < 4.78 is 14.5. The van der Waals surface area contributed by atoms with Crippen LogP contribution in [0.5, 0.6) is 11.5 Å². The van der Waals surface area contributed by atoms with Crippen LogP contribution in [-0.4, -0.2) is 59.7 Å². The molecular weight excluding hydrogens is 336 g/mol. The Balaban J connectivity index is 2.45. The highest BCUT2D eigenvalue weighted by atomic mass is 16.6. The van der Waals surface area contributed by atoms with Crippen molar-refractivity contribution in [2.75, 3.05) is 26.4 Å². The third-order valence-electron chi connectivity index (χ3n) is 3.20. The Morgan fingerprint density at radius 3 is 2.24 bits per heavy atom. The first kappa shape index (κ1) is 20.2. The molecule has 0 spiro atoms. The number of esters is 3. The van der Waals surface area contributed by atoms with Crippen LogP contribution in [-0.2, 0) is 23.8 Å². The Kier molecular flexibility index (Phi) is 7.19. The van der Waals surface area contributed by atoms with E-state index in [1.165, 1.54) is 19.9 Å². The van der Waals surface area contributed by atoms with Crippen LogP contribution in [0.4, 0.5) is 0 Å². The van der Waals surface area contributed by atoms with E-state index in [1.807, 2.05) is 0 Å². The molecule has 3 N–H and O–H groups in total. The summed E-state index contributed by atoms with van der Waals surface area (Å²) in [6.07, 6.45) is 0. The zero-order valence-electron chi connectivity index (χ0n) is 13.9. The van der Waals surface area contributed by atoms with Crippen molar-refractivity contribution in [2.45, 2.75) is 13.8 Å². The molecule has 9 nitrogen and oxygen atoms in total. The molecule has 1 rings (SSSR count). The number of phenols is 2. The van der Waals surface area contributed by atoms with Gasteiger partial charge < -0.3 is 29.5 Å². The molecule has 0 aliphatic rings. The number of carbonyl (C=O) groups excluding carboxylic acids is 3. The Labute approximate surface area is 143 Å². The van der Waals surface area contributed by atoms with Crippen molar-refractivity contribution >= 4 is 17.9 Å². The van der Waals surface area contributed by atoms with Crippen molar-refractivity contribution in [3.63, 3.8) is 0 Å². The summed E-state index contributed by atoms with van der Waals surface area (Å²) in [4.78, 5) is 34.5. The minimum atomic E-state index is -1.42. The molecule has 0 saturated heterocycles. The van der Waals surface area contributed by atoms with E-state index in [0.717, 1.165) is 12.1 Å². The van der Waals surface area contributed by atoms with Gasteiger partial charge in [0.2, 0.25) is 0 Å². The normalized spacial score (nSPS) is 12.8.